The van der Waals surface area contributed by atoms with Gasteiger partial charge in [0.25, 0.3) is 6.43 Å². The molecule has 0 fully saturated rings. The molecule has 0 saturated heterocycles. The number of benzene rings is 1. The molecular formula is C8H6F2O3. The first kappa shape index (κ1) is 9.44. The number of phenols is 1. The third kappa shape index (κ3) is 1.93. The van der Waals surface area contributed by atoms with Gasteiger partial charge < -0.3 is 10.2 Å². The normalized spacial score (nSPS) is 10.4. The van der Waals surface area contributed by atoms with E-state index in [-0.39, 0.29) is 5.56 Å². The molecular weight excluding hydrogens is 182 g/mol. The zero-order valence-corrected chi connectivity index (χ0v) is 6.37. The van der Waals surface area contributed by atoms with Crippen molar-refractivity contribution in [2.75, 3.05) is 0 Å². The van der Waals surface area contributed by atoms with Gasteiger partial charge >= 0.3 is 5.97 Å². The second-order valence-corrected chi connectivity index (χ2v) is 2.38. The number of halogens is 2. The van der Waals surface area contributed by atoms with Crippen LogP contribution in [0.2, 0.25) is 0 Å². The third-order valence-electron chi connectivity index (χ3n) is 1.50. The maximum Gasteiger partial charge on any atom is 0.339 e. The van der Waals surface area contributed by atoms with E-state index in [2.05, 4.69) is 0 Å². The molecule has 13 heavy (non-hydrogen) atoms. The van der Waals surface area contributed by atoms with E-state index in [0.29, 0.717) is 0 Å². The summed E-state index contributed by atoms with van der Waals surface area (Å²) in [5.41, 5.74) is -0.785. The van der Waals surface area contributed by atoms with Gasteiger partial charge in [0.15, 0.2) is 0 Å². The van der Waals surface area contributed by atoms with Gasteiger partial charge in [0, 0.05) is 5.56 Å². The minimum Gasteiger partial charge on any atom is -0.507 e. The molecule has 0 unspecified atom stereocenters. The van der Waals surface area contributed by atoms with Crippen LogP contribution in [0, 0.1) is 0 Å². The molecule has 5 heteroatoms. The maximum absolute atomic E-state index is 12.0. The Labute approximate surface area is 72.2 Å². The summed E-state index contributed by atoms with van der Waals surface area (Å²) in [6.45, 7) is 0. The van der Waals surface area contributed by atoms with Crippen LogP contribution >= 0.6 is 0 Å². The van der Waals surface area contributed by atoms with Crippen molar-refractivity contribution >= 4 is 5.97 Å². The maximum atomic E-state index is 12.0. The van der Waals surface area contributed by atoms with Crippen LogP contribution in [0.4, 0.5) is 8.78 Å². The lowest BCUT2D eigenvalue weighted by atomic mass is 10.1. The van der Waals surface area contributed by atoms with Gasteiger partial charge in [-0.15, -0.1) is 0 Å². The summed E-state index contributed by atoms with van der Waals surface area (Å²) in [5.74, 6) is -2.00. The monoisotopic (exact) mass is 188 g/mol. The van der Waals surface area contributed by atoms with Crippen molar-refractivity contribution in [2.24, 2.45) is 0 Å². The van der Waals surface area contributed by atoms with Crippen LogP contribution in [0.15, 0.2) is 18.2 Å². The predicted octanol–water partition coefficient (Wildman–Crippen LogP) is 2.03. The fourth-order valence-electron chi connectivity index (χ4n) is 0.865. The first-order chi connectivity index (χ1) is 6.02. The largest absolute Gasteiger partial charge is 0.507 e. The molecule has 1 aromatic rings. The lowest BCUT2D eigenvalue weighted by Gasteiger charge is -2.02. The van der Waals surface area contributed by atoms with Gasteiger partial charge in [0.2, 0.25) is 0 Å². The number of aromatic carboxylic acids is 1. The van der Waals surface area contributed by atoms with E-state index in [4.69, 9.17) is 10.2 Å². The molecule has 0 atom stereocenters. The molecule has 1 aromatic carbocycles. The minimum absolute atomic E-state index is 0.385. The average molecular weight is 188 g/mol. The molecule has 0 spiro atoms. The van der Waals surface area contributed by atoms with Crippen LogP contribution in [0.1, 0.15) is 22.3 Å². The Morgan fingerprint density at radius 2 is 2.00 bits per heavy atom. The Morgan fingerprint density at radius 3 is 2.38 bits per heavy atom. The van der Waals surface area contributed by atoms with E-state index in [1.54, 1.807) is 0 Å². The summed E-state index contributed by atoms with van der Waals surface area (Å²) < 4.78 is 24.0. The Hall–Kier alpha value is -1.65. The zero-order chi connectivity index (χ0) is 10.0. The van der Waals surface area contributed by atoms with Gasteiger partial charge in [-0.2, -0.15) is 0 Å². The van der Waals surface area contributed by atoms with Crippen LogP contribution in [-0.2, 0) is 0 Å². The van der Waals surface area contributed by atoms with Gasteiger partial charge in [-0.25, -0.2) is 13.6 Å². The number of rotatable bonds is 2. The first-order valence-corrected chi connectivity index (χ1v) is 3.36. The number of alkyl halides is 2. The Morgan fingerprint density at radius 1 is 1.38 bits per heavy atom. The lowest BCUT2D eigenvalue weighted by Crippen LogP contribution is -1.97. The zero-order valence-electron chi connectivity index (χ0n) is 6.37. The molecule has 70 valence electrons. The molecule has 0 heterocycles. The number of carboxylic acid groups (broad SMARTS) is 1. The summed E-state index contributed by atoms with van der Waals surface area (Å²) in [6, 6.07) is 2.65. The highest BCUT2D eigenvalue weighted by molar-refractivity contribution is 5.90. The van der Waals surface area contributed by atoms with E-state index in [1.807, 2.05) is 0 Å². The highest BCUT2D eigenvalue weighted by Crippen LogP contribution is 2.25. The molecule has 0 bridgehead atoms. The summed E-state index contributed by atoms with van der Waals surface area (Å²) in [5, 5.41) is 17.4. The average Bonchev–Trinajstić information content (AvgIpc) is 2.03. The molecule has 0 amide bonds. The van der Waals surface area contributed by atoms with Gasteiger partial charge in [-0.05, 0) is 12.1 Å². The molecule has 0 aromatic heterocycles. The molecule has 0 saturated carbocycles. The second-order valence-electron chi connectivity index (χ2n) is 2.38. The quantitative estimate of drug-likeness (QED) is 0.746. The Bertz CT molecular complexity index is 336. The summed E-state index contributed by atoms with van der Waals surface area (Å²) in [7, 11) is 0. The van der Waals surface area contributed by atoms with Crippen LogP contribution < -0.4 is 0 Å². The highest BCUT2D eigenvalue weighted by atomic mass is 19.3. The summed E-state index contributed by atoms with van der Waals surface area (Å²) >= 11 is 0. The minimum atomic E-state index is -2.71. The molecule has 3 nitrogen and oxygen atoms in total. The topological polar surface area (TPSA) is 57.5 Å². The standard InChI is InChI=1S/C8H6F2O3/c9-7(10)4-1-2-5(8(12)13)6(11)3-4/h1-3,7,11H,(H,12,13). The molecule has 0 radical (unpaired) electrons. The fourth-order valence-corrected chi connectivity index (χ4v) is 0.865. The molecule has 0 aliphatic heterocycles. The Kier molecular flexibility index (Phi) is 2.46. The summed E-state index contributed by atoms with van der Waals surface area (Å²) in [6.07, 6.45) is -2.71. The number of hydrogen-bond donors (Lipinski definition) is 2. The molecule has 0 aliphatic rings. The van der Waals surface area contributed by atoms with Crippen molar-refractivity contribution in [3.05, 3.63) is 29.3 Å². The number of aromatic hydroxyl groups is 1. The van der Waals surface area contributed by atoms with Gasteiger partial charge in [0.1, 0.15) is 11.3 Å². The van der Waals surface area contributed by atoms with Crippen LogP contribution in [-0.4, -0.2) is 16.2 Å². The van der Waals surface area contributed by atoms with Crippen LogP contribution in [0.25, 0.3) is 0 Å². The predicted molar refractivity (Wildman–Crippen MR) is 40.0 cm³/mol. The van der Waals surface area contributed by atoms with Crippen molar-refractivity contribution < 1.29 is 23.8 Å². The van der Waals surface area contributed by atoms with Crippen LogP contribution in [0.3, 0.4) is 0 Å². The second kappa shape index (κ2) is 3.38. The molecule has 2 N–H and O–H groups in total. The highest BCUT2D eigenvalue weighted by Gasteiger charge is 2.13. The van der Waals surface area contributed by atoms with Crippen molar-refractivity contribution in [3.8, 4) is 5.75 Å². The van der Waals surface area contributed by atoms with Crippen molar-refractivity contribution in [1.29, 1.82) is 0 Å². The Balaban J connectivity index is 3.13. The van der Waals surface area contributed by atoms with E-state index in [1.165, 1.54) is 0 Å². The smallest absolute Gasteiger partial charge is 0.339 e. The number of carbonyl (C=O) groups is 1. The van der Waals surface area contributed by atoms with E-state index in [9.17, 15) is 13.6 Å². The molecule has 1 rings (SSSR count). The van der Waals surface area contributed by atoms with Crippen molar-refractivity contribution in [2.45, 2.75) is 6.43 Å². The van der Waals surface area contributed by atoms with Crippen molar-refractivity contribution in [3.63, 3.8) is 0 Å². The molecule has 0 aliphatic carbocycles. The van der Waals surface area contributed by atoms with Gasteiger partial charge in [0.05, 0.1) is 0 Å². The van der Waals surface area contributed by atoms with Gasteiger partial charge in [-0.1, -0.05) is 6.07 Å². The lowest BCUT2D eigenvalue weighted by molar-refractivity contribution is 0.0693. The van der Waals surface area contributed by atoms with E-state index >= 15 is 0 Å². The van der Waals surface area contributed by atoms with E-state index in [0.717, 1.165) is 18.2 Å². The third-order valence-corrected chi connectivity index (χ3v) is 1.50. The first-order valence-electron chi connectivity index (χ1n) is 3.36. The van der Waals surface area contributed by atoms with Crippen LogP contribution in [0.5, 0.6) is 5.75 Å². The van der Waals surface area contributed by atoms with E-state index < -0.39 is 23.7 Å². The van der Waals surface area contributed by atoms with Gasteiger partial charge in [-0.3, -0.25) is 0 Å². The number of carboxylic acids is 1. The van der Waals surface area contributed by atoms with Crippen molar-refractivity contribution in [1.82, 2.24) is 0 Å². The fraction of sp³-hybridized carbons (Fsp3) is 0.125. The SMILES string of the molecule is O=C(O)c1ccc(C(F)F)cc1O. The number of hydrogen-bond acceptors (Lipinski definition) is 2. The summed E-state index contributed by atoms with van der Waals surface area (Å²) in [4.78, 5) is 10.4.